The normalized spacial score (nSPS) is 15.5. The molecule has 0 fully saturated rings. The van der Waals surface area contributed by atoms with Gasteiger partial charge >= 0.3 is 0 Å². The average Bonchev–Trinajstić information content (AvgIpc) is 2.79. The molecule has 2 aromatic carbocycles. The van der Waals surface area contributed by atoms with Crippen molar-refractivity contribution in [2.75, 3.05) is 13.2 Å². The zero-order valence-corrected chi connectivity index (χ0v) is 20.1. The quantitative estimate of drug-likeness (QED) is 0.317. The highest BCUT2D eigenvalue weighted by atomic mass is 16.6. The van der Waals surface area contributed by atoms with E-state index in [0.717, 1.165) is 51.7 Å². The molecule has 2 nitrogen and oxygen atoms in total. The number of unbranched alkanes of at least 4 members (excludes halogenated alkanes) is 2. The van der Waals surface area contributed by atoms with Gasteiger partial charge in [-0.2, -0.15) is 0 Å². The van der Waals surface area contributed by atoms with Gasteiger partial charge in [0.05, 0.1) is 0 Å². The topological polar surface area (TPSA) is 18.5 Å². The Labute approximate surface area is 185 Å². The first-order valence-electron chi connectivity index (χ1n) is 11.9. The standard InChI is InChI=1S/C28H42O2/c1-7-11-21-29-27(5,25-17-13-23(9-3)14-18-25)28(6,30-22-12-8-2)26-19-15-24(10-4)16-20-26/h13-20H,7-12,21-22H2,1-6H3. The van der Waals surface area contributed by atoms with E-state index in [0.29, 0.717) is 0 Å². The van der Waals surface area contributed by atoms with Gasteiger partial charge in [-0.25, -0.2) is 0 Å². The minimum absolute atomic E-state index is 0.587. The van der Waals surface area contributed by atoms with Crippen molar-refractivity contribution in [3.63, 3.8) is 0 Å². The molecular formula is C28H42O2. The Hall–Kier alpha value is -1.64. The van der Waals surface area contributed by atoms with Crippen LogP contribution in [0.15, 0.2) is 48.5 Å². The largest absolute Gasteiger partial charge is 0.367 e. The number of hydrogen-bond donors (Lipinski definition) is 0. The Kier molecular flexibility index (Phi) is 9.58. The Morgan fingerprint density at radius 2 is 0.900 bits per heavy atom. The van der Waals surface area contributed by atoms with Gasteiger partial charge in [0, 0.05) is 13.2 Å². The summed E-state index contributed by atoms with van der Waals surface area (Å²) >= 11 is 0. The Balaban J connectivity index is 2.56. The first kappa shape index (κ1) is 24.6. The van der Waals surface area contributed by atoms with E-state index in [1.54, 1.807) is 0 Å². The lowest BCUT2D eigenvalue weighted by molar-refractivity contribution is -0.207. The molecular weight excluding hydrogens is 368 g/mol. The fraction of sp³-hybridized carbons (Fsp3) is 0.571. The molecule has 0 aliphatic heterocycles. The van der Waals surface area contributed by atoms with Gasteiger partial charge in [0.1, 0.15) is 11.2 Å². The van der Waals surface area contributed by atoms with Crippen molar-refractivity contribution in [2.24, 2.45) is 0 Å². The van der Waals surface area contributed by atoms with Gasteiger partial charge in [-0.1, -0.05) is 89.1 Å². The lowest BCUT2D eigenvalue weighted by Crippen LogP contribution is -2.49. The van der Waals surface area contributed by atoms with Crippen molar-refractivity contribution in [2.45, 2.75) is 91.3 Å². The molecule has 2 heteroatoms. The van der Waals surface area contributed by atoms with E-state index in [4.69, 9.17) is 9.47 Å². The molecule has 0 saturated heterocycles. The Bertz CT molecular complexity index is 669. The summed E-state index contributed by atoms with van der Waals surface area (Å²) in [6.45, 7) is 14.7. The molecule has 0 spiro atoms. The highest BCUT2D eigenvalue weighted by Crippen LogP contribution is 2.46. The maximum absolute atomic E-state index is 6.71. The van der Waals surface area contributed by atoms with E-state index >= 15 is 0 Å². The SMILES string of the molecule is CCCCOC(C)(c1ccc(CC)cc1)C(C)(OCCCC)c1ccc(CC)cc1. The minimum Gasteiger partial charge on any atom is -0.367 e. The van der Waals surface area contributed by atoms with Crippen molar-refractivity contribution >= 4 is 0 Å². The van der Waals surface area contributed by atoms with Gasteiger partial charge in [-0.15, -0.1) is 0 Å². The van der Waals surface area contributed by atoms with Gasteiger partial charge in [-0.3, -0.25) is 0 Å². The van der Waals surface area contributed by atoms with Gasteiger partial charge in [-0.05, 0) is 61.8 Å². The maximum Gasteiger partial charge on any atom is 0.123 e. The van der Waals surface area contributed by atoms with Crippen LogP contribution in [0, 0.1) is 0 Å². The molecule has 2 atom stereocenters. The first-order chi connectivity index (χ1) is 14.4. The van der Waals surface area contributed by atoms with E-state index in [1.165, 1.54) is 22.3 Å². The number of rotatable bonds is 13. The van der Waals surface area contributed by atoms with Crippen LogP contribution < -0.4 is 0 Å². The second-order valence-electron chi connectivity index (χ2n) is 8.57. The molecule has 0 aromatic heterocycles. The summed E-state index contributed by atoms with van der Waals surface area (Å²) in [6, 6.07) is 17.8. The third-order valence-corrected chi connectivity index (χ3v) is 6.51. The average molecular weight is 411 g/mol. The van der Waals surface area contributed by atoms with E-state index in [-0.39, 0.29) is 0 Å². The van der Waals surface area contributed by atoms with Crippen LogP contribution in [-0.2, 0) is 33.5 Å². The van der Waals surface area contributed by atoms with Crippen LogP contribution in [0.1, 0.15) is 89.5 Å². The van der Waals surface area contributed by atoms with Crippen molar-refractivity contribution in [1.29, 1.82) is 0 Å². The third kappa shape index (κ3) is 5.53. The molecule has 0 bridgehead atoms. The molecule has 0 saturated carbocycles. The van der Waals surface area contributed by atoms with Gasteiger partial charge < -0.3 is 9.47 Å². The fourth-order valence-electron chi connectivity index (χ4n) is 3.95. The van der Waals surface area contributed by atoms with E-state index in [9.17, 15) is 0 Å². The van der Waals surface area contributed by atoms with Crippen molar-refractivity contribution < 1.29 is 9.47 Å². The predicted molar refractivity (Wildman–Crippen MR) is 128 cm³/mol. The van der Waals surface area contributed by atoms with E-state index < -0.39 is 11.2 Å². The lowest BCUT2D eigenvalue weighted by atomic mass is 9.74. The summed E-state index contributed by atoms with van der Waals surface area (Å²) in [6.07, 6.45) is 6.39. The Morgan fingerprint density at radius 3 is 1.17 bits per heavy atom. The van der Waals surface area contributed by atoms with Gasteiger partial charge in [0.2, 0.25) is 0 Å². The summed E-state index contributed by atoms with van der Waals surface area (Å²) in [5.41, 5.74) is 3.86. The van der Waals surface area contributed by atoms with Crippen LogP contribution in [-0.4, -0.2) is 13.2 Å². The van der Waals surface area contributed by atoms with Crippen LogP contribution in [0.25, 0.3) is 0 Å². The van der Waals surface area contributed by atoms with Crippen LogP contribution >= 0.6 is 0 Å². The molecule has 2 rings (SSSR count). The summed E-state index contributed by atoms with van der Waals surface area (Å²) in [4.78, 5) is 0. The van der Waals surface area contributed by atoms with Crippen molar-refractivity contribution in [3.05, 3.63) is 70.8 Å². The highest BCUT2D eigenvalue weighted by molar-refractivity contribution is 5.36. The zero-order chi connectivity index (χ0) is 22.0. The number of ether oxygens (including phenoxy) is 2. The third-order valence-electron chi connectivity index (χ3n) is 6.51. The lowest BCUT2D eigenvalue weighted by Gasteiger charge is -2.47. The molecule has 2 aromatic rings. The van der Waals surface area contributed by atoms with Crippen LogP contribution in [0.5, 0.6) is 0 Å². The molecule has 30 heavy (non-hydrogen) atoms. The summed E-state index contributed by atoms with van der Waals surface area (Å²) < 4.78 is 13.4. The van der Waals surface area contributed by atoms with Crippen molar-refractivity contribution in [1.82, 2.24) is 0 Å². The molecule has 0 heterocycles. The molecule has 166 valence electrons. The van der Waals surface area contributed by atoms with E-state index in [1.807, 2.05) is 0 Å². The second-order valence-corrected chi connectivity index (χ2v) is 8.57. The van der Waals surface area contributed by atoms with Crippen LogP contribution in [0.2, 0.25) is 0 Å². The van der Waals surface area contributed by atoms with Crippen molar-refractivity contribution in [3.8, 4) is 0 Å². The minimum atomic E-state index is -0.587. The smallest absolute Gasteiger partial charge is 0.123 e. The summed E-state index contributed by atoms with van der Waals surface area (Å²) in [5.74, 6) is 0. The highest BCUT2D eigenvalue weighted by Gasteiger charge is 2.49. The number of benzene rings is 2. The molecule has 0 amide bonds. The number of hydrogen-bond acceptors (Lipinski definition) is 2. The monoisotopic (exact) mass is 410 g/mol. The predicted octanol–water partition coefficient (Wildman–Crippen LogP) is 7.58. The number of aryl methyl sites for hydroxylation is 2. The van der Waals surface area contributed by atoms with Gasteiger partial charge in [0.25, 0.3) is 0 Å². The van der Waals surface area contributed by atoms with Crippen LogP contribution in [0.3, 0.4) is 0 Å². The summed E-state index contributed by atoms with van der Waals surface area (Å²) in [5, 5.41) is 0. The first-order valence-corrected chi connectivity index (χ1v) is 11.9. The molecule has 0 N–H and O–H groups in total. The molecule has 0 radical (unpaired) electrons. The van der Waals surface area contributed by atoms with Gasteiger partial charge in [0.15, 0.2) is 0 Å². The fourth-order valence-corrected chi connectivity index (χ4v) is 3.95. The molecule has 0 aliphatic rings. The Morgan fingerprint density at radius 1 is 0.567 bits per heavy atom. The zero-order valence-electron chi connectivity index (χ0n) is 20.1. The van der Waals surface area contributed by atoms with Crippen LogP contribution in [0.4, 0.5) is 0 Å². The maximum atomic E-state index is 6.71. The second kappa shape index (κ2) is 11.7. The van der Waals surface area contributed by atoms with E-state index in [2.05, 4.69) is 90.1 Å². The summed E-state index contributed by atoms with van der Waals surface area (Å²) in [7, 11) is 0. The molecule has 0 aliphatic carbocycles. The molecule has 2 unspecified atom stereocenters.